The minimum atomic E-state index is 0.452. The van der Waals surface area contributed by atoms with Gasteiger partial charge in [-0.2, -0.15) is 0 Å². The number of thioether (sulfide) groups is 1. The van der Waals surface area contributed by atoms with Gasteiger partial charge in [-0.3, -0.25) is 0 Å². The van der Waals surface area contributed by atoms with Gasteiger partial charge in [-0.1, -0.05) is 23.4 Å². The van der Waals surface area contributed by atoms with Crippen LogP contribution < -0.4 is 0 Å². The van der Waals surface area contributed by atoms with Crippen molar-refractivity contribution in [3.05, 3.63) is 16.9 Å². The maximum atomic E-state index is 5.84. The van der Waals surface area contributed by atoms with Gasteiger partial charge < -0.3 is 4.74 Å². The van der Waals surface area contributed by atoms with Gasteiger partial charge in [0.25, 0.3) is 0 Å². The zero-order valence-corrected chi connectivity index (χ0v) is 8.45. The lowest BCUT2D eigenvalue weighted by Gasteiger charge is -2.01. The molecular formula is C7H9ClN2OS. The standard InChI is InChI=1S/C7H9ClN2OS/c1-11-4-5-3-9-7(12-2)10-6(5)8/h3H,4H2,1-2H3. The van der Waals surface area contributed by atoms with Gasteiger partial charge >= 0.3 is 0 Å². The predicted molar refractivity (Wildman–Crippen MR) is 49.5 cm³/mol. The molecule has 1 rings (SSSR count). The third-order valence-corrected chi connectivity index (χ3v) is 2.16. The van der Waals surface area contributed by atoms with E-state index in [0.29, 0.717) is 16.9 Å². The van der Waals surface area contributed by atoms with Crippen molar-refractivity contribution >= 4 is 23.4 Å². The number of methoxy groups -OCH3 is 1. The summed E-state index contributed by atoms with van der Waals surface area (Å²) in [5.41, 5.74) is 0.817. The van der Waals surface area contributed by atoms with Gasteiger partial charge in [0, 0.05) is 18.9 Å². The minimum absolute atomic E-state index is 0.452. The second-order valence-corrected chi connectivity index (χ2v) is 3.24. The summed E-state index contributed by atoms with van der Waals surface area (Å²) < 4.78 is 4.91. The topological polar surface area (TPSA) is 35.0 Å². The summed E-state index contributed by atoms with van der Waals surface area (Å²) in [5.74, 6) is 0. The molecule has 1 aromatic heterocycles. The molecule has 0 fully saturated rings. The van der Waals surface area contributed by atoms with E-state index in [0.717, 1.165) is 5.56 Å². The molecule has 0 aromatic carbocycles. The lowest BCUT2D eigenvalue weighted by molar-refractivity contribution is 0.184. The first-order valence-corrected chi connectivity index (χ1v) is 4.92. The quantitative estimate of drug-likeness (QED) is 0.429. The Morgan fingerprint density at radius 1 is 1.67 bits per heavy atom. The van der Waals surface area contributed by atoms with Crippen LogP contribution in [0.25, 0.3) is 0 Å². The molecule has 3 nitrogen and oxygen atoms in total. The zero-order valence-electron chi connectivity index (χ0n) is 6.87. The highest BCUT2D eigenvalue weighted by atomic mass is 35.5. The Morgan fingerprint density at radius 2 is 2.42 bits per heavy atom. The Labute approximate surface area is 80.5 Å². The van der Waals surface area contributed by atoms with E-state index in [4.69, 9.17) is 16.3 Å². The smallest absolute Gasteiger partial charge is 0.188 e. The average molecular weight is 205 g/mol. The number of hydrogen-bond donors (Lipinski definition) is 0. The van der Waals surface area contributed by atoms with Crippen LogP contribution >= 0.6 is 23.4 Å². The summed E-state index contributed by atoms with van der Waals surface area (Å²) in [6.07, 6.45) is 3.59. The summed E-state index contributed by atoms with van der Waals surface area (Å²) in [5, 5.41) is 1.15. The monoisotopic (exact) mass is 204 g/mol. The average Bonchev–Trinajstić information content (AvgIpc) is 2.09. The third kappa shape index (κ3) is 2.33. The van der Waals surface area contributed by atoms with Crippen molar-refractivity contribution < 1.29 is 4.74 Å². The molecule has 0 saturated carbocycles. The van der Waals surface area contributed by atoms with Crippen LogP contribution in [0.3, 0.4) is 0 Å². The molecule has 0 saturated heterocycles. The highest BCUT2D eigenvalue weighted by Crippen LogP contribution is 2.16. The molecular weight excluding hydrogens is 196 g/mol. The fourth-order valence-corrected chi connectivity index (χ4v) is 1.30. The molecule has 0 unspecified atom stereocenters. The second kappa shape index (κ2) is 4.64. The summed E-state index contributed by atoms with van der Waals surface area (Å²) >= 11 is 7.30. The molecule has 1 aromatic rings. The van der Waals surface area contributed by atoms with Crippen molar-refractivity contribution in [2.24, 2.45) is 0 Å². The maximum Gasteiger partial charge on any atom is 0.188 e. The molecule has 1 heterocycles. The number of nitrogens with zero attached hydrogens (tertiary/aromatic N) is 2. The highest BCUT2D eigenvalue weighted by Gasteiger charge is 2.03. The number of ether oxygens (including phenoxy) is 1. The summed E-state index contributed by atoms with van der Waals surface area (Å²) in [7, 11) is 1.61. The Hall–Kier alpha value is -0.320. The first-order chi connectivity index (χ1) is 5.77. The van der Waals surface area contributed by atoms with Gasteiger partial charge in [0.15, 0.2) is 5.16 Å². The van der Waals surface area contributed by atoms with E-state index in [1.54, 1.807) is 13.3 Å². The highest BCUT2D eigenvalue weighted by molar-refractivity contribution is 7.98. The van der Waals surface area contributed by atoms with Gasteiger partial charge in [0.1, 0.15) is 5.15 Å². The fourth-order valence-electron chi connectivity index (χ4n) is 0.722. The molecule has 5 heteroatoms. The van der Waals surface area contributed by atoms with E-state index in [1.165, 1.54) is 11.8 Å². The van der Waals surface area contributed by atoms with E-state index in [2.05, 4.69) is 9.97 Å². The Bertz CT molecular complexity index is 270. The number of rotatable bonds is 3. The molecule has 0 radical (unpaired) electrons. The molecule has 0 amide bonds. The van der Waals surface area contributed by atoms with Crippen LogP contribution in [0.4, 0.5) is 0 Å². The van der Waals surface area contributed by atoms with Crippen LogP contribution in [0, 0.1) is 0 Å². The first kappa shape index (κ1) is 9.77. The largest absolute Gasteiger partial charge is 0.380 e. The summed E-state index contributed by atoms with van der Waals surface area (Å²) in [6, 6.07) is 0. The molecule has 0 N–H and O–H groups in total. The Kier molecular flexibility index (Phi) is 3.78. The molecule has 0 bridgehead atoms. The van der Waals surface area contributed by atoms with E-state index in [-0.39, 0.29) is 0 Å². The van der Waals surface area contributed by atoms with Gasteiger partial charge in [-0.25, -0.2) is 9.97 Å². The van der Waals surface area contributed by atoms with Gasteiger partial charge in [-0.15, -0.1) is 0 Å². The summed E-state index contributed by atoms with van der Waals surface area (Å²) in [6.45, 7) is 0.452. The normalized spacial score (nSPS) is 10.2. The van der Waals surface area contributed by atoms with Crippen molar-refractivity contribution in [1.29, 1.82) is 0 Å². The minimum Gasteiger partial charge on any atom is -0.380 e. The van der Waals surface area contributed by atoms with Gasteiger partial charge in [-0.05, 0) is 6.26 Å². The van der Waals surface area contributed by atoms with Gasteiger partial charge in [0.05, 0.1) is 6.61 Å². The Balaban J connectivity index is 2.87. The zero-order chi connectivity index (χ0) is 8.97. The number of hydrogen-bond acceptors (Lipinski definition) is 4. The lowest BCUT2D eigenvalue weighted by Crippen LogP contribution is -1.94. The van der Waals surface area contributed by atoms with Crippen LogP contribution in [0.2, 0.25) is 5.15 Å². The van der Waals surface area contributed by atoms with Crippen LogP contribution in [-0.4, -0.2) is 23.3 Å². The maximum absolute atomic E-state index is 5.84. The molecule has 66 valence electrons. The fraction of sp³-hybridized carbons (Fsp3) is 0.429. The van der Waals surface area contributed by atoms with Crippen LogP contribution in [0.1, 0.15) is 5.56 Å². The SMILES string of the molecule is COCc1cnc(SC)nc1Cl. The molecule has 0 aliphatic carbocycles. The first-order valence-electron chi connectivity index (χ1n) is 3.32. The van der Waals surface area contributed by atoms with Crippen molar-refractivity contribution in [1.82, 2.24) is 9.97 Å². The lowest BCUT2D eigenvalue weighted by atomic mass is 10.4. The van der Waals surface area contributed by atoms with Crippen molar-refractivity contribution in [2.75, 3.05) is 13.4 Å². The second-order valence-electron chi connectivity index (χ2n) is 2.11. The van der Waals surface area contributed by atoms with Crippen LogP contribution in [-0.2, 0) is 11.3 Å². The molecule has 0 aliphatic rings. The van der Waals surface area contributed by atoms with Crippen LogP contribution in [0.5, 0.6) is 0 Å². The molecule has 0 atom stereocenters. The van der Waals surface area contributed by atoms with E-state index >= 15 is 0 Å². The predicted octanol–water partition coefficient (Wildman–Crippen LogP) is 2.00. The molecule has 0 spiro atoms. The van der Waals surface area contributed by atoms with Crippen molar-refractivity contribution in [2.45, 2.75) is 11.8 Å². The number of halogens is 1. The summed E-state index contributed by atoms with van der Waals surface area (Å²) in [4.78, 5) is 8.11. The van der Waals surface area contributed by atoms with E-state index in [1.807, 2.05) is 6.26 Å². The Morgan fingerprint density at radius 3 is 2.92 bits per heavy atom. The van der Waals surface area contributed by atoms with Crippen molar-refractivity contribution in [3.63, 3.8) is 0 Å². The van der Waals surface area contributed by atoms with E-state index < -0.39 is 0 Å². The van der Waals surface area contributed by atoms with Crippen LogP contribution in [0.15, 0.2) is 11.4 Å². The molecule has 0 aliphatic heterocycles. The van der Waals surface area contributed by atoms with Gasteiger partial charge in [0.2, 0.25) is 0 Å². The molecule has 12 heavy (non-hydrogen) atoms. The van der Waals surface area contributed by atoms with Crippen molar-refractivity contribution in [3.8, 4) is 0 Å². The number of aromatic nitrogens is 2. The third-order valence-electron chi connectivity index (χ3n) is 1.27. The van der Waals surface area contributed by atoms with E-state index in [9.17, 15) is 0 Å².